The van der Waals surface area contributed by atoms with Crippen molar-refractivity contribution in [1.82, 2.24) is 9.88 Å². The Hall–Kier alpha value is -2.19. The summed E-state index contributed by atoms with van der Waals surface area (Å²) in [6.07, 6.45) is 0.331. The Labute approximate surface area is 122 Å². The van der Waals surface area contributed by atoms with Crippen LogP contribution in [0.4, 0.5) is 0 Å². The molecule has 0 aliphatic heterocycles. The Morgan fingerprint density at radius 1 is 1.40 bits per heavy atom. The van der Waals surface area contributed by atoms with E-state index in [1.54, 1.807) is 12.4 Å². The molecule has 0 N–H and O–H groups in total. The predicted molar refractivity (Wildman–Crippen MR) is 79.5 cm³/mol. The van der Waals surface area contributed by atoms with Crippen molar-refractivity contribution in [3.63, 3.8) is 0 Å². The quantitative estimate of drug-likeness (QED) is 0.867. The first kappa shape index (κ1) is 14.2. The highest BCUT2D eigenvalue weighted by Gasteiger charge is 2.15. The first-order valence-corrected chi connectivity index (χ1v) is 7.15. The molecule has 5 heteroatoms. The summed E-state index contributed by atoms with van der Waals surface area (Å²) in [4.78, 5) is 18.0. The molecule has 0 unspecified atom stereocenters. The van der Waals surface area contributed by atoms with Crippen molar-refractivity contribution >= 4 is 17.2 Å². The fourth-order valence-corrected chi connectivity index (χ4v) is 2.52. The second kappa shape index (κ2) is 6.31. The zero-order valence-corrected chi connectivity index (χ0v) is 12.3. The van der Waals surface area contributed by atoms with Gasteiger partial charge in [0.2, 0.25) is 0 Å². The van der Waals surface area contributed by atoms with Gasteiger partial charge >= 0.3 is 0 Å². The lowest BCUT2D eigenvalue weighted by Crippen LogP contribution is -2.27. The Kier molecular flexibility index (Phi) is 4.49. The summed E-state index contributed by atoms with van der Waals surface area (Å²) in [5, 5.41) is 11.1. The molecule has 0 spiro atoms. The molecule has 0 saturated carbocycles. The number of aromatic nitrogens is 1. The molecule has 2 aromatic rings. The molecule has 1 aromatic carbocycles. The maximum Gasteiger partial charge on any atom is 0.273 e. The molecule has 20 heavy (non-hydrogen) atoms. The summed E-state index contributed by atoms with van der Waals surface area (Å²) >= 11 is 1.45. The third-order valence-corrected chi connectivity index (χ3v) is 3.82. The second-order valence-electron chi connectivity index (χ2n) is 4.54. The van der Waals surface area contributed by atoms with Crippen LogP contribution in [0.2, 0.25) is 0 Å². The number of aryl methyl sites for hydroxylation is 1. The maximum atomic E-state index is 12.1. The van der Waals surface area contributed by atoms with Crippen LogP contribution in [0.1, 0.15) is 22.5 Å². The zero-order valence-electron chi connectivity index (χ0n) is 11.5. The van der Waals surface area contributed by atoms with Crippen molar-refractivity contribution in [2.45, 2.75) is 13.3 Å². The molecule has 0 radical (unpaired) electrons. The molecule has 1 aromatic heterocycles. The Bertz CT molecular complexity index is 640. The van der Waals surface area contributed by atoms with Gasteiger partial charge in [0, 0.05) is 24.5 Å². The van der Waals surface area contributed by atoms with Crippen molar-refractivity contribution in [1.29, 1.82) is 5.26 Å². The normalized spacial score (nSPS) is 10.1. The number of nitrogens with zero attached hydrogens (tertiary/aromatic N) is 3. The molecular weight excluding hydrogens is 270 g/mol. The lowest BCUT2D eigenvalue weighted by Gasteiger charge is -2.13. The van der Waals surface area contributed by atoms with E-state index < -0.39 is 0 Å². The van der Waals surface area contributed by atoms with Gasteiger partial charge in [0.15, 0.2) is 0 Å². The van der Waals surface area contributed by atoms with Gasteiger partial charge in [0.25, 0.3) is 5.91 Å². The minimum Gasteiger partial charge on any atom is -0.339 e. The molecule has 1 heterocycles. The fourth-order valence-electron chi connectivity index (χ4n) is 1.72. The van der Waals surface area contributed by atoms with Gasteiger partial charge in [0.1, 0.15) is 10.7 Å². The van der Waals surface area contributed by atoms with Crippen LogP contribution in [-0.4, -0.2) is 29.4 Å². The topological polar surface area (TPSA) is 57.0 Å². The largest absolute Gasteiger partial charge is 0.339 e. The van der Waals surface area contributed by atoms with Crippen LogP contribution in [0.3, 0.4) is 0 Å². The summed E-state index contributed by atoms with van der Waals surface area (Å²) in [7, 11) is 1.69. The van der Waals surface area contributed by atoms with Crippen LogP contribution in [0.5, 0.6) is 0 Å². The van der Waals surface area contributed by atoms with Crippen LogP contribution in [0.15, 0.2) is 29.6 Å². The molecule has 2 rings (SSSR count). The van der Waals surface area contributed by atoms with Gasteiger partial charge < -0.3 is 4.90 Å². The molecule has 0 saturated heterocycles. The van der Waals surface area contributed by atoms with Crippen molar-refractivity contribution in [3.05, 3.63) is 40.9 Å². The number of nitriles is 1. The van der Waals surface area contributed by atoms with Crippen molar-refractivity contribution < 1.29 is 4.79 Å². The molecule has 0 aliphatic rings. The average Bonchev–Trinajstić information content (AvgIpc) is 2.94. The van der Waals surface area contributed by atoms with Crippen LogP contribution < -0.4 is 0 Å². The van der Waals surface area contributed by atoms with Crippen molar-refractivity contribution in [2.75, 3.05) is 13.6 Å². The van der Waals surface area contributed by atoms with E-state index in [1.165, 1.54) is 21.8 Å². The molecule has 0 atom stereocenters. The Morgan fingerprint density at radius 3 is 2.75 bits per heavy atom. The van der Waals surface area contributed by atoms with Crippen LogP contribution in [0, 0.1) is 18.3 Å². The number of amides is 1. The van der Waals surface area contributed by atoms with Gasteiger partial charge in [0.05, 0.1) is 12.5 Å². The lowest BCUT2D eigenvalue weighted by atomic mass is 10.2. The van der Waals surface area contributed by atoms with E-state index in [0.717, 1.165) is 10.6 Å². The smallest absolute Gasteiger partial charge is 0.273 e. The highest BCUT2D eigenvalue weighted by molar-refractivity contribution is 7.13. The second-order valence-corrected chi connectivity index (χ2v) is 5.40. The first-order chi connectivity index (χ1) is 9.61. The number of hydrogen-bond donors (Lipinski definition) is 0. The summed E-state index contributed by atoms with van der Waals surface area (Å²) in [5.74, 6) is -0.144. The van der Waals surface area contributed by atoms with Gasteiger partial charge in [-0.1, -0.05) is 29.8 Å². The standard InChI is InChI=1S/C15H15N3OS/c1-11-4-6-12(7-5-11)14-17-13(10-20-14)15(19)18(2)9-3-8-16/h4-7,10H,3,9H2,1-2H3. The van der Waals surface area contributed by atoms with Crippen molar-refractivity contribution in [2.24, 2.45) is 0 Å². The summed E-state index contributed by atoms with van der Waals surface area (Å²) in [5.41, 5.74) is 2.64. The monoisotopic (exact) mass is 285 g/mol. The minimum atomic E-state index is -0.144. The number of benzene rings is 1. The van der Waals surface area contributed by atoms with Gasteiger partial charge in [-0.05, 0) is 6.92 Å². The molecule has 0 aliphatic carbocycles. The predicted octanol–water partition coefficient (Wildman–Crippen LogP) is 3.10. The van der Waals surface area contributed by atoms with E-state index >= 15 is 0 Å². The highest BCUT2D eigenvalue weighted by atomic mass is 32.1. The molecule has 1 amide bonds. The van der Waals surface area contributed by atoms with E-state index in [9.17, 15) is 4.79 Å². The third kappa shape index (κ3) is 3.22. The number of carbonyl (C=O) groups excluding carboxylic acids is 1. The van der Waals surface area contributed by atoms with Gasteiger partial charge in [-0.15, -0.1) is 11.3 Å². The lowest BCUT2D eigenvalue weighted by molar-refractivity contribution is 0.0793. The van der Waals surface area contributed by atoms with E-state index in [0.29, 0.717) is 18.7 Å². The van der Waals surface area contributed by atoms with Crippen LogP contribution in [0.25, 0.3) is 10.6 Å². The van der Waals surface area contributed by atoms with Gasteiger partial charge in [-0.3, -0.25) is 4.79 Å². The van der Waals surface area contributed by atoms with Crippen LogP contribution >= 0.6 is 11.3 Å². The fraction of sp³-hybridized carbons (Fsp3) is 0.267. The Balaban J connectivity index is 2.14. The summed E-state index contributed by atoms with van der Waals surface area (Å²) < 4.78 is 0. The summed E-state index contributed by atoms with van der Waals surface area (Å²) in [6.45, 7) is 2.46. The first-order valence-electron chi connectivity index (χ1n) is 6.27. The third-order valence-electron chi connectivity index (χ3n) is 2.93. The number of rotatable bonds is 4. The van der Waals surface area contributed by atoms with Crippen LogP contribution in [-0.2, 0) is 0 Å². The van der Waals surface area contributed by atoms with Gasteiger partial charge in [-0.25, -0.2) is 4.98 Å². The minimum absolute atomic E-state index is 0.144. The molecule has 4 nitrogen and oxygen atoms in total. The average molecular weight is 285 g/mol. The maximum absolute atomic E-state index is 12.1. The molecule has 0 bridgehead atoms. The van der Waals surface area contributed by atoms with Crippen molar-refractivity contribution in [3.8, 4) is 16.6 Å². The molecule has 0 fully saturated rings. The Morgan fingerprint density at radius 2 is 2.10 bits per heavy atom. The number of hydrogen-bond acceptors (Lipinski definition) is 4. The number of carbonyl (C=O) groups is 1. The number of thiazole rings is 1. The van der Waals surface area contributed by atoms with E-state index in [-0.39, 0.29) is 5.91 Å². The SMILES string of the molecule is Cc1ccc(-c2nc(C(=O)N(C)CCC#N)cs2)cc1. The summed E-state index contributed by atoms with van der Waals surface area (Å²) in [6, 6.07) is 10.1. The van der Waals surface area contributed by atoms with E-state index in [2.05, 4.69) is 4.98 Å². The van der Waals surface area contributed by atoms with E-state index in [4.69, 9.17) is 5.26 Å². The van der Waals surface area contributed by atoms with E-state index in [1.807, 2.05) is 37.3 Å². The van der Waals surface area contributed by atoms with Gasteiger partial charge in [-0.2, -0.15) is 5.26 Å². The highest BCUT2D eigenvalue weighted by Crippen LogP contribution is 2.24. The molecular formula is C15H15N3OS. The zero-order chi connectivity index (χ0) is 14.5. The molecule has 102 valence electrons.